The lowest BCUT2D eigenvalue weighted by Gasteiger charge is -2.01. The van der Waals surface area contributed by atoms with Crippen molar-refractivity contribution >= 4 is 17.6 Å². The normalized spacial score (nSPS) is 10.5. The van der Waals surface area contributed by atoms with E-state index in [1.807, 2.05) is 48.5 Å². The molecule has 0 aliphatic heterocycles. The summed E-state index contributed by atoms with van der Waals surface area (Å²) in [5.41, 5.74) is 2.07. The molecule has 0 unspecified atom stereocenters. The summed E-state index contributed by atoms with van der Waals surface area (Å²) < 4.78 is 10.3. The maximum absolute atomic E-state index is 5.86. The van der Waals surface area contributed by atoms with Crippen molar-refractivity contribution in [2.75, 3.05) is 19.0 Å². The van der Waals surface area contributed by atoms with Gasteiger partial charge in [0.25, 0.3) is 0 Å². The molecule has 0 aliphatic carbocycles. The Balaban J connectivity index is 1.57. The van der Waals surface area contributed by atoms with Crippen LogP contribution in [0, 0.1) is 0 Å². The molecule has 1 N–H and O–H groups in total. The van der Waals surface area contributed by atoms with Gasteiger partial charge in [-0.1, -0.05) is 28.9 Å². The lowest BCUT2D eigenvalue weighted by Crippen LogP contribution is -2.04. The number of benzene rings is 2. The number of hydrogen-bond donors (Lipinski definition) is 1. The van der Waals surface area contributed by atoms with Crippen molar-refractivity contribution in [3.63, 3.8) is 0 Å². The van der Waals surface area contributed by atoms with E-state index in [1.54, 1.807) is 7.11 Å². The fourth-order valence-corrected chi connectivity index (χ4v) is 2.24. The average molecular weight is 330 g/mol. The van der Waals surface area contributed by atoms with E-state index in [2.05, 4.69) is 15.5 Å². The Morgan fingerprint density at radius 3 is 2.52 bits per heavy atom. The first-order chi connectivity index (χ1) is 11.2. The molecule has 0 bridgehead atoms. The molecule has 2 aromatic carbocycles. The van der Waals surface area contributed by atoms with Crippen LogP contribution in [0.1, 0.15) is 5.56 Å². The molecule has 0 fully saturated rings. The van der Waals surface area contributed by atoms with Crippen LogP contribution in [0.5, 0.6) is 5.75 Å². The van der Waals surface area contributed by atoms with Crippen molar-refractivity contribution < 1.29 is 9.26 Å². The minimum atomic E-state index is 0.407. The molecule has 3 rings (SSSR count). The Morgan fingerprint density at radius 1 is 1.09 bits per heavy atom. The average Bonchev–Trinajstić information content (AvgIpc) is 3.06. The number of halogens is 1. The van der Waals surface area contributed by atoms with Gasteiger partial charge in [-0.15, -0.1) is 0 Å². The van der Waals surface area contributed by atoms with Gasteiger partial charge in [0, 0.05) is 17.1 Å². The molecule has 1 aromatic heterocycles. The topological polar surface area (TPSA) is 60.2 Å². The quantitative estimate of drug-likeness (QED) is 0.739. The summed E-state index contributed by atoms with van der Waals surface area (Å²) in [4.78, 5) is 4.33. The number of aromatic nitrogens is 2. The molecule has 0 aliphatic rings. The summed E-state index contributed by atoms with van der Waals surface area (Å²) in [7, 11) is 1.63. The summed E-state index contributed by atoms with van der Waals surface area (Å²) in [5.74, 6) is 1.33. The first-order valence-electron chi connectivity index (χ1n) is 7.21. The third-order valence-corrected chi connectivity index (χ3v) is 3.63. The zero-order chi connectivity index (χ0) is 16.1. The van der Waals surface area contributed by atoms with Gasteiger partial charge >= 0.3 is 6.01 Å². The Labute approximate surface area is 139 Å². The highest BCUT2D eigenvalue weighted by Gasteiger charge is 2.08. The van der Waals surface area contributed by atoms with Crippen LogP contribution in [0.25, 0.3) is 11.4 Å². The first-order valence-corrected chi connectivity index (χ1v) is 7.59. The fraction of sp³-hybridized carbons (Fsp3) is 0.176. The SMILES string of the molecule is COc1ccc(-c2noc(NCCc3ccc(Cl)cc3)n2)cc1. The molecule has 0 saturated heterocycles. The Kier molecular flexibility index (Phi) is 4.78. The number of methoxy groups -OCH3 is 1. The summed E-state index contributed by atoms with van der Waals surface area (Å²) in [5, 5.41) is 7.83. The van der Waals surface area contributed by atoms with Gasteiger partial charge < -0.3 is 14.6 Å². The predicted octanol–water partition coefficient (Wildman–Crippen LogP) is 4.05. The first kappa shape index (κ1) is 15.4. The van der Waals surface area contributed by atoms with Crippen LogP contribution in [0.2, 0.25) is 5.02 Å². The second-order valence-corrected chi connectivity index (χ2v) is 5.39. The van der Waals surface area contributed by atoms with Crippen molar-refractivity contribution in [2.45, 2.75) is 6.42 Å². The Bertz CT molecular complexity index is 754. The molecular formula is C17H16ClN3O2. The largest absolute Gasteiger partial charge is 0.497 e. The third kappa shape index (κ3) is 4.02. The maximum atomic E-state index is 5.86. The molecule has 0 spiro atoms. The Morgan fingerprint density at radius 2 is 1.83 bits per heavy atom. The van der Waals surface area contributed by atoms with Gasteiger partial charge in [0.1, 0.15) is 5.75 Å². The second kappa shape index (κ2) is 7.15. The number of anilines is 1. The van der Waals surface area contributed by atoms with E-state index in [0.717, 1.165) is 22.8 Å². The molecule has 1 heterocycles. The van der Waals surface area contributed by atoms with Gasteiger partial charge in [0.15, 0.2) is 0 Å². The molecule has 0 atom stereocenters. The predicted molar refractivity (Wildman–Crippen MR) is 89.9 cm³/mol. The summed E-state index contributed by atoms with van der Waals surface area (Å²) in [6.45, 7) is 0.700. The van der Waals surface area contributed by atoms with Gasteiger partial charge in [-0.2, -0.15) is 4.98 Å². The van der Waals surface area contributed by atoms with Crippen molar-refractivity contribution in [3.05, 3.63) is 59.1 Å². The zero-order valence-corrected chi connectivity index (χ0v) is 13.4. The molecule has 23 heavy (non-hydrogen) atoms. The number of nitrogens with one attached hydrogen (secondary N) is 1. The molecule has 6 heteroatoms. The zero-order valence-electron chi connectivity index (χ0n) is 12.6. The van der Waals surface area contributed by atoms with Crippen LogP contribution in [-0.4, -0.2) is 23.8 Å². The van der Waals surface area contributed by atoms with Crippen LogP contribution in [0.15, 0.2) is 53.1 Å². The van der Waals surface area contributed by atoms with E-state index in [1.165, 1.54) is 5.56 Å². The standard InChI is InChI=1S/C17H16ClN3O2/c1-22-15-8-4-13(5-9-15)16-20-17(23-21-16)19-11-10-12-2-6-14(18)7-3-12/h2-9H,10-11H2,1H3,(H,19,20,21). The van der Waals surface area contributed by atoms with Gasteiger partial charge in [-0.3, -0.25) is 0 Å². The molecule has 0 saturated carbocycles. The molecule has 0 amide bonds. The molecule has 5 nitrogen and oxygen atoms in total. The fourth-order valence-electron chi connectivity index (χ4n) is 2.12. The lowest BCUT2D eigenvalue weighted by atomic mass is 10.1. The van der Waals surface area contributed by atoms with Gasteiger partial charge in [-0.25, -0.2) is 0 Å². The van der Waals surface area contributed by atoms with Crippen molar-refractivity contribution in [2.24, 2.45) is 0 Å². The van der Waals surface area contributed by atoms with E-state index in [-0.39, 0.29) is 0 Å². The second-order valence-electron chi connectivity index (χ2n) is 4.95. The van der Waals surface area contributed by atoms with Crippen LogP contribution in [-0.2, 0) is 6.42 Å². The minimum absolute atomic E-state index is 0.407. The van der Waals surface area contributed by atoms with Gasteiger partial charge in [-0.05, 0) is 48.4 Å². The number of rotatable bonds is 6. The van der Waals surface area contributed by atoms with Crippen LogP contribution < -0.4 is 10.1 Å². The number of ether oxygens (including phenoxy) is 1. The summed E-state index contributed by atoms with van der Waals surface area (Å²) in [6.07, 6.45) is 0.845. The van der Waals surface area contributed by atoms with E-state index >= 15 is 0 Å². The Hall–Kier alpha value is -2.53. The monoisotopic (exact) mass is 329 g/mol. The van der Waals surface area contributed by atoms with E-state index in [4.69, 9.17) is 20.9 Å². The van der Waals surface area contributed by atoms with Crippen LogP contribution >= 0.6 is 11.6 Å². The van der Waals surface area contributed by atoms with E-state index in [9.17, 15) is 0 Å². The maximum Gasteiger partial charge on any atom is 0.321 e. The summed E-state index contributed by atoms with van der Waals surface area (Å²) >= 11 is 5.86. The van der Waals surface area contributed by atoms with E-state index < -0.39 is 0 Å². The lowest BCUT2D eigenvalue weighted by molar-refractivity contribution is 0.415. The molecule has 3 aromatic rings. The number of nitrogens with zero attached hydrogens (tertiary/aromatic N) is 2. The molecular weight excluding hydrogens is 314 g/mol. The van der Waals surface area contributed by atoms with Crippen molar-refractivity contribution in [1.29, 1.82) is 0 Å². The minimum Gasteiger partial charge on any atom is -0.497 e. The van der Waals surface area contributed by atoms with E-state index in [0.29, 0.717) is 18.4 Å². The van der Waals surface area contributed by atoms with Crippen molar-refractivity contribution in [1.82, 2.24) is 10.1 Å². The highest BCUT2D eigenvalue weighted by molar-refractivity contribution is 6.30. The van der Waals surface area contributed by atoms with Crippen LogP contribution in [0.3, 0.4) is 0 Å². The van der Waals surface area contributed by atoms with Crippen molar-refractivity contribution in [3.8, 4) is 17.1 Å². The molecule has 0 radical (unpaired) electrons. The highest BCUT2D eigenvalue weighted by Crippen LogP contribution is 2.20. The summed E-state index contributed by atoms with van der Waals surface area (Å²) in [6, 6.07) is 15.7. The van der Waals surface area contributed by atoms with Gasteiger partial charge in [0.05, 0.1) is 7.11 Å². The molecule has 118 valence electrons. The van der Waals surface area contributed by atoms with Crippen LogP contribution in [0.4, 0.5) is 6.01 Å². The number of hydrogen-bond acceptors (Lipinski definition) is 5. The van der Waals surface area contributed by atoms with Gasteiger partial charge in [0.2, 0.25) is 5.82 Å². The highest BCUT2D eigenvalue weighted by atomic mass is 35.5. The third-order valence-electron chi connectivity index (χ3n) is 3.38. The smallest absolute Gasteiger partial charge is 0.321 e.